The molecule has 0 aliphatic carbocycles. The van der Waals surface area contributed by atoms with Crippen LogP contribution in [0.3, 0.4) is 0 Å². The van der Waals surface area contributed by atoms with E-state index in [2.05, 4.69) is 48.6 Å². The van der Waals surface area contributed by atoms with E-state index in [1.54, 1.807) is 0 Å². The second-order valence-electron chi connectivity index (χ2n) is 6.24. The van der Waals surface area contributed by atoms with Gasteiger partial charge in [-0.1, -0.05) is 72.3 Å². The molecule has 0 aromatic heterocycles. The number of nitrogens with one attached hydrogen (secondary N) is 1. The number of thioether (sulfide) groups is 1. The Morgan fingerprint density at radius 1 is 0.846 bits per heavy atom. The zero-order valence-corrected chi connectivity index (χ0v) is 15.8. The predicted octanol–water partition coefficient (Wildman–Crippen LogP) is 5.33. The molecule has 2 nitrogen and oxygen atoms in total. The predicted molar refractivity (Wildman–Crippen MR) is 112 cm³/mol. The molecule has 26 heavy (non-hydrogen) atoms. The fourth-order valence-corrected chi connectivity index (χ4v) is 3.48. The third-order valence-electron chi connectivity index (χ3n) is 4.18. The van der Waals surface area contributed by atoms with Crippen molar-refractivity contribution >= 4 is 17.7 Å². The van der Waals surface area contributed by atoms with Gasteiger partial charge in [0.1, 0.15) is 0 Å². The van der Waals surface area contributed by atoms with Crippen molar-refractivity contribution in [1.29, 1.82) is 0 Å². The number of benzene rings is 3. The first-order valence-electron chi connectivity index (χ1n) is 8.79. The zero-order valence-electron chi connectivity index (χ0n) is 14.9. The van der Waals surface area contributed by atoms with E-state index < -0.39 is 0 Å². The van der Waals surface area contributed by atoms with Gasteiger partial charge in [0.15, 0.2) is 0 Å². The number of carbonyl (C=O) groups excluding carboxylic acids is 1. The van der Waals surface area contributed by atoms with Crippen LogP contribution in [0.25, 0.3) is 11.1 Å². The maximum Gasteiger partial charge on any atom is 0.251 e. The van der Waals surface area contributed by atoms with Crippen molar-refractivity contribution in [2.45, 2.75) is 12.7 Å². The Kier molecular flexibility index (Phi) is 6.50. The highest BCUT2D eigenvalue weighted by atomic mass is 32.2. The summed E-state index contributed by atoms with van der Waals surface area (Å²) < 4.78 is 0. The average molecular weight is 362 g/mol. The van der Waals surface area contributed by atoms with Crippen molar-refractivity contribution in [3.63, 3.8) is 0 Å². The minimum Gasteiger partial charge on any atom is -0.351 e. The van der Waals surface area contributed by atoms with Crippen LogP contribution < -0.4 is 5.32 Å². The molecule has 0 atom stereocenters. The Balaban J connectivity index is 1.42. The summed E-state index contributed by atoms with van der Waals surface area (Å²) >= 11 is 1.83. The van der Waals surface area contributed by atoms with Gasteiger partial charge in [0, 0.05) is 23.6 Å². The van der Waals surface area contributed by atoms with E-state index >= 15 is 0 Å². The molecule has 1 amide bonds. The fourth-order valence-electron chi connectivity index (χ4n) is 2.66. The lowest BCUT2D eigenvalue weighted by atomic mass is 10.0. The van der Waals surface area contributed by atoms with Gasteiger partial charge in [-0.05, 0) is 35.7 Å². The molecule has 0 heterocycles. The molecule has 0 saturated carbocycles. The van der Waals surface area contributed by atoms with E-state index in [1.165, 1.54) is 11.1 Å². The van der Waals surface area contributed by atoms with Crippen LogP contribution in [0.1, 0.15) is 21.5 Å². The monoisotopic (exact) mass is 361 g/mol. The average Bonchev–Trinajstić information content (AvgIpc) is 2.70. The Morgan fingerprint density at radius 2 is 1.50 bits per heavy atom. The fraction of sp³-hybridized carbons (Fsp3) is 0.174. The third-order valence-corrected chi connectivity index (χ3v) is 5.21. The molecular weight excluding hydrogens is 338 g/mol. The molecule has 132 valence electrons. The van der Waals surface area contributed by atoms with Crippen LogP contribution in [0, 0.1) is 6.92 Å². The number of amides is 1. The first-order valence-corrected chi connectivity index (χ1v) is 9.95. The second kappa shape index (κ2) is 9.25. The van der Waals surface area contributed by atoms with Crippen molar-refractivity contribution < 1.29 is 4.79 Å². The van der Waals surface area contributed by atoms with Gasteiger partial charge in [0.2, 0.25) is 0 Å². The first kappa shape index (κ1) is 18.3. The third kappa shape index (κ3) is 5.24. The van der Waals surface area contributed by atoms with Crippen LogP contribution in [0.2, 0.25) is 0 Å². The Morgan fingerprint density at radius 3 is 2.19 bits per heavy atom. The van der Waals surface area contributed by atoms with Gasteiger partial charge < -0.3 is 5.32 Å². The summed E-state index contributed by atoms with van der Waals surface area (Å²) in [5, 5.41) is 2.99. The smallest absolute Gasteiger partial charge is 0.251 e. The molecule has 0 unspecified atom stereocenters. The highest BCUT2D eigenvalue weighted by Gasteiger charge is 2.05. The van der Waals surface area contributed by atoms with Gasteiger partial charge in [0.05, 0.1) is 0 Å². The minimum atomic E-state index is -0.0134. The van der Waals surface area contributed by atoms with Gasteiger partial charge in [0.25, 0.3) is 5.91 Å². The molecule has 3 rings (SSSR count). The highest BCUT2D eigenvalue weighted by Crippen LogP contribution is 2.19. The molecule has 0 bridgehead atoms. The van der Waals surface area contributed by atoms with Gasteiger partial charge in [-0.3, -0.25) is 4.79 Å². The highest BCUT2D eigenvalue weighted by molar-refractivity contribution is 7.98. The van der Waals surface area contributed by atoms with E-state index in [4.69, 9.17) is 0 Å². The normalized spacial score (nSPS) is 10.5. The van der Waals surface area contributed by atoms with Crippen molar-refractivity contribution in [3.05, 3.63) is 95.6 Å². The molecule has 0 saturated heterocycles. The Bertz CT molecular complexity index is 826. The molecule has 3 aromatic rings. The van der Waals surface area contributed by atoms with Crippen LogP contribution in [0.15, 0.2) is 78.9 Å². The SMILES string of the molecule is Cc1ccc(CSCCNC(=O)c2ccc(-c3ccccc3)cc2)cc1. The Hall–Kier alpha value is -2.52. The number of carbonyl (C=O) groups is 1. The molecule has 0 aliphatic heterocycles. The topological polar surface area (TPSA) is 29.1 Å². The van der Waals surface area contributed by atoms with Gasteiger partial charge in [-0.25, -0.2) is 0 Å². The first-order chi connectivity index (χ1) is 12.7. The summed E-state index contributed by atoms with van der Waals surface area (Å²) in [7, 11) is 0. The van der Waals surface area contributed by atoms with Crippen molar-refractivity contribution in [3.8, 4) is 11.1 Å². The largest absolute Gasteiger partial charge is 0.351 e. The number of hydrogen-bond acceptors (Lipinski definition) is 2. The molecule has 1 N–H and O–H groups in total. The lowest BCUT2D eigenvalue weighted by Gasteiger charge is -2.07. The van der Waals surface area contributed by atoms with E-state index in [9.17, 15) is 4.79 Å². The summed E-state index contributed by atoms with van der Waals surface area (Å²) in [6.45, 7) is 2.77. The summed E-state index contributed by atoms with van der Waals surface area (Å²) in [5.74, 6) is 1.87. The van der Waals surface area contributed by atoms with E-state index in [0.717, 1.165) is 22.6 Å². The van der Waals surface area contributed by atoms with E-state index in [-0.39, 0.29) is 5.91 Å². The summed E-state index contributed by atoms with van der Waals surface area (Å²) in [5.41, 5.74) is 5.59. The summed E-state index contributed by atoms with van der Waals surface area (Å²) in [6.07, 6.45) is 0. The van der Waals surface area contributed by atoms with E-state index in [1.807, 2.05) is 54.2 Å². The quantitative estimate of drug-likeness (QED) is 0.577. The maximum absolute atomic E-state index is 12.2. The van der Waals surface area contributed by atoms with E-state index in [0.29, 0.717) is 12.1 Å². The van der Waals surface area contributed by atoms with Gasteiger partial charge in [-0.2, -0.15) is 11.8 Å². The van der Waals surface area contributed by atoms with Gasteiger partial charge >= 0.3 is 0 Å². The molecule has 0 spiro atoms. The maximum atomic E-state index is 12.2. The van der Waals surface area contributed by atoms with Gasteiger partial charge in [-0.15, -0.1) is 0 Å². The number of aryl methyl sites for hydroxylation is 1. The second-order valence-corrected chi connectivity index (χ2v) is 7.34. The number of rotatable bonds is 7. The van der Waals surface area contributed by atoms with Crippen LogP contribution in [0.5, 0.6) is 0 Å². The van der Waals surface area contributed by atoms with Crippen LogP contribution >= 0.6 is 11.8 Å². The lowest BCUT2D eigenvalue weighted by Crippen LogP contribution is -2.25. The number of hydrogen-bond donors (Lipinski definition) is 1. The lowest BCUT2D eigenvalue weighted by molar-refractivity contribution is 0.0956. The summed E-state index contributed by atoms with van der Waals surface area (Å²) in [6, 6.07) is 26.5. The van der Waals surface area contributed by atoms with Crippen molar-refractivity contribution in [1.82, 2.24) is 5.32 Å². The van der Waals surface area contributed by atoms with Crippen molar-refractivity contribution in [2.75, 3.05) is 12.3 Å². The van der Waals surface area contributed by atoms with Crippen LogP contribution in [0.4, 0.5) is 0 Å². The molecule has 0 fully saturated rings. The van der Waals surface area contributed by atoms with Crippen LogP contribution in [-0.4, -0.2) is 18.2 Å². The summed E-state index contributed by atoms with van der Waals surface area (Å²) in [4.78, 5) is 12.2. The van der Waals surface area contributed by atoms with Crippen LogP contribution in [-0.2, 0) is 5.75 Å². The zero-order chi connectivity index (χ0) is 18.2. The minimum absolute atomic E-state index is 0.0134. The van der Waals surface area contributed by atoms with Crippen molar-refractivity contribution in [2.24, 2.45) is 0 Å². The molecule has 0 radical (unpaired) electrons. The molecular formula is C23H23NOS. The Labute approximate surface area is 159 Å². The molecule has 0 aliphatic rings. The molecule has 3 heteroatoms. The molecule has 3 aromatic carbocycles. The standard InChI is InChI=1S/C23H23NOS/c1-18-7-9-19(10-8-18)17-26-16-15-24-23(25)22-13-11-21(12-14-22)20-5-3-2-4-6-20/h2-14H,15-17H2,1H3,(H,24,25).